The Kier molecular flexibility index (Phi) is 2.74. The molecule has 86 valence electrons. The summed E-state index contributed by atoms with van der Waals surface area (Å²) in [6.45, 7) is 0. The predicted octanol–water partition coefficient (Wildman–Crippen LogP) is 2.60. The highest BCUT2D eigenvalue weighted by Gasteiger charge is 2.11. The lowest BCUT2D eigenvalue weighted by Crippen LogP contribution is -1.91. The summed E-state index contributed by atoms with van der Waals surface area (Å²) in [5.41, 5.74) is 0.319. The van der Waals surface area contributed by atoms with Gasteiger partial charge < -0.3 is 9.52 Å². The number of carboxylic acids is 1. The van der Waals surface area contributed by atoms with Crippen molar-refractivity contribution in [3.63, 3.8) is 0 Å². The first kappa shape index (κ1) is 11.1. The number of carbonyl (C=O) groups excluding carboxylic acids is 1. The van der Waals surface area contributed by atoms with Gasteiger partial charge in [0.05, 0.1) is 5.56 Å². The molecule has 0 radical (unpaired) electrons. The summed E-state index contributed by atoms with van der Waals surface area (Å²) in [6.07, 6.45) is 0.407. The van der Waals surface area contributed by atoms with E-state index in [4.69, 9.17) is 9.52 Å². The second kappa shape index (κ2) is 4.21. The van der Waals surface area contributed by atoms with Crippen LogP contribution in [-0.2, 0) is 0 Å². The number of benzene rings is 1. The molecule has 0 unspecified atom stereocenters. The molecule has 4 nitrogen and oxygen atoms in total. The number of hydrogen-bond donors (Lipinski definition) is 1. The highest BCUT2D eigenvalue weighted by molar-refractivity contribution is 5.85. The molecule has 0 bridgehead atoms. The third-order valence-corrected chi connectivity index (χ3v) is 2.23. The Balaban J connectivity index is 2.42. The average Bonchev–Trinajstić information content (AvgIpc) is 2.78. The Bertz CT molecular complexity index is 586. The van der Waals surface area contributed by atoms with Crippen LogP contribution in [0.2, 0.25) is 0 Å². The smallest absolute Gasteiger partial charge is 0.371 e. The van der Waals surface area contributed by atoms with Gasteiger partial charge in [0.2, 0.25) is 5.76 Å². The second-order valence-corrected chi connectivity index (χ2v) is 3.32. The summed E-state index contributed by atoms with van der Waals surface area (Å²) in [4.78, 5) is 21.0. The molecule has 0 saturated heterocycles. The maximum Gasteiger partial charge on any atom is 0.371 e. The van der Waals surface area contributed by atoms with E-state index in [-0.39, 0.29) is 17.1 Å². The summed E-state index contributed by atoms with van der Waals surface area (Å²) in [5, 5.41) is 8.67. The zero-order valence-electron chi connectivity index (χ0n) is 8.51. The van der Waals surface area contributed by atoms with Crippen LogP contribution < -0.4 is 0 Å². The van der Waals surface area contributed by atoms with Crippen molar-refractivity contribution in [1.29, 1.82) is 0 Å². The zero-order valence-corrected chi connectivity index (χ0v) is 8.51. The highest BCUT2D eigenvalue weighted by atomic mass is 19.1. The molecule has 2 rings (SSSR count). The third-order valence-electron chi connectivity index (χ3n) is 2.23. The van der Waals surface area contributed by atoms with E-state index in [0.29, 0.717) is 11.8 Å². The van der Waals surface area contributed by atoms with Crippen LogP contribution in [0.5, 0.6) is 0 Å². The van der Waals surface area contributed by atoms with Crippen LogP contribution in [0.15, 0.2) is 34.7 Å². The van der Waals surface area contributed by atoms with Crippen molar-refractivity contribution >= 4 is 12.3 Å². The van der Waals surface area contributed by atoms with E-state index in [1.54, 1.807) is 0 Å². The molecule has 5 heteroatoms. The van der Waals surface area contributed by atoms with Gasteiger partial charge in [0, 0.05) is 5.56 Å². The van der Waals surface area contributed by atoms with E-state index >= 15 is 0 Å². The average molecular weight is 234 g/mol. The molecule has 1 aromatic heterocycles. The molecular weight excluding hydrogens is 227 g/mol. The molecule has 2 aromatic rings. The standard InChI is InChI=1S/C12H7FO4/c13-9-5-7(1-2-8(9)6-14)10-3-4-11(17-10)12(15)16/h1-6H,(H,15,16). The summed E-state index contributed by atoms with van der Waals surface area (Å²) in [7, 11) is 0. The fourth-order valence-electron chi connectivity index (χ4n) is 1.38. The monoisotopic (exact) mass is 234 g/mol. The first-order chi connectivity index (χ1) is 8.11. The Morgan fingerprint density at radius 3 is 2.59 bits per heavy atom. The first-order valence-corrected chi connectivity index (χ1v) is 4.70. The van der Waals surface area contributed by atoms with Crippen LogP contribution in [0.25, 0.3) is 11.3 Å². The Morgan fingerprint density at radius 1 is 1.29 bits per heavy atom. The minimum Gasteiger partial charge on any atom is -0.475 e. The SMILES string of the molecule is O=Cc1ccc(-c2ccc(C(=O)O)o2)cc1F. The maximum absolute atomic E-state index is 13.3. The topological polar surface area (TPSA) is 67.5 Å². The molecule has 1 heterocycles. The lowest BCUT2D eigenvalue weighted by molar-refractivity contribution is 0.0663. The van der Waals surface area contributed by atoms with Crippen LogP contribution in [-0.4, -0.2) is 17.4 Å². The van der Waals surface area contributed by atoms with Gasteiger partial charge in [-0.1, -0.05) is 6.07 Å². The van der Waals surface area contributed by atoms with Crippen molar-refractivity contribution in [3.05, 3.63) is 47.5 Å². The van der Waals surface area contributed by atoms with Crippen molar-refractivity contribution in [3.8, 4) is 11.3 Å². The van der Waals surface area contributed by atoms with E-state index in [1.165, 1.54) is 24.3 Å². The maximum atomic E-state index is 13.3. The van der Waals surface area contributed by atoms with Gasteiger partial charge in [-0.25, -0.2) is 9.18 Å². The number of halogens is 1. The van der Waals surface area contributed by atoms with Crippen molar-refractivity contribution in [2.75, 3.05) is 0 Å². The summed E-state index contributed by atoms with van der Waals surface area (Å²) >= 11 is 0. The molecular formula is C12H7FO4. The summed E-state index contributed by atoms with van der Waals surface area (Å²) in [5.74, 6) is -1.86. The van der Waals surface area contributed by atoms with Crippen LogP contribution in [0.1, 0.15) is 20.9 Å². The largest absolute Gasteiger partial charge is 0.475 e. The van der Waals surface area contributed by atoms with Gasteiger partial charge in [0.1, 0.15) is 11.6 Å². The van der Waals surface area contributed by atoms with E-state index in [2.05, 4.69) is 0 Å². The Labute approximate surface area is 95.3 Å². The molecule has 1 aromatic carbocycles. The second-order valence-electron chi connectivity index (χ2n) is 3.32. The molecule has 0 amide bonds. The molecule has 0 aliphatic rings. The van der Waals surface area contributed by atoms with Gasteiger partial charge >= 0.3 is 5.97 Å². The van der Waals surface area contributed by atoms with E-state index < -0.39 is 11.8 Å². The van der Waals surface area contributed by atoms with Crippen LogP contribution in [0.3, 0.4) is 0 Å². The van der Waals surface area contributed by atoms with Gasteiger partial charge in [-0.3, -0.25) is 4.79 Å². The summed E-state index contributed by atoms with van der Waals surface area (Å²) in [6, 6.07) is 6.62. The molecule has 1 N–H and O–H groups in total. The van der Waals surface area contributed by atoms with E-state index in [1.807, 2.05) is 0 Å². The van der Waals surface area contributed by atoms with Gasteiger partial charge in [-0.05, 0) is 24.3 Å². The number of furan rings is 1. The zero-order chi connectivity index (χ0) is 12.4. The molecule has 0 atom stereocenters. The van der Waals surface area contributed by atoms with Crippen LogP contribution >= 0.6 is 0 Å². The Hall–Kier alpha value is -2.43. The van der Waals surface area contributed by atoms with Gasteiger partial charge in [-0.2, -0.15) is 0 Å². The van der Waals surface area contributed by atoms with Crippen molar-refractivity contribution in [1.82, 2.24) is 0 Å². The fraction of sp³-hybridized carbons (Fsp3) is 0. The predicted molar refractivity (Wildman–Crippen MR) is 56.4 cm³/mol. The van der Waals surface area contributed by atoms with Gasteiger partial charge in [-0.15, -0.1) is 0 Å². The van der Waals surface area contributed by atoms with Gasteiger partial charge in [0.15, 0.2) is 6.29 Å². The number of carbonyl (C=O) groups is 2. The summed E-state index contributed by atoms with van der Waals surface area (Å²) < 4.78 is 18.3. The molecule has 17 heavy (non-hydrogen) atoms. The number of aldehydes is 1. The van der Waals surface area contributed by atoms with Crippen LogP contribution in [0.4, 0.5) is 4.39 Å². The molecule has 0 spiro atoms. The number of carboxylic acid groups (broad SMARTS) is 1. The molecule has 0 saturated carbocycles. The molecule has 0 aliphatic carbocycles. The fourth-order valence-corrected chi connectivity index (χ4v) is 1.38. The first-order valence-electron chi connectivity index (χ1n) is 4.70. The Morgan fingerprint density at radius 2 is 2.06 bits per heavy atom. The van der Waals surface area contributed by atoms with Crippen LogP contribution in [0, 0.1) is 5.82 Å². The number of hydrogen-bond acceptors (Lipinski definition) is 3. The number of rotatable bonds is 3. The minimum atomic E-state index is -1.19. The van der Waals surface area contributed by atoms with Crippen molar-refractivity contribution < 1.29 is 23.5 Å². The van der Waals surface area contributed by atoms with E-state index in [0.717, 1.165) is 6.07 Å². The quantitative estimate of drug-likeness (QED) is 0.829. The number of aromatic carboxylic acids is 1. The van der Waals surface area contributed by atoms with Gasteiger partial charge in [0.25, 0.3) is 0 Å². The van der Waals surface area contributed by atoms with Crippen molar-refractivity contribution in [2.45, 2.75) is 0 Å². The normalized spacial score (nSPS) is 10.2. The lowest BCUT2D eigenvalue weighted by Gasteiger charge is -1.99. The third kappa shape index (κ3) is 2.08. The molecule has 0 fully saturated rings. The van der Waals surface area contributed by atoms with E-state index in [9.17, 15) is 14.0 Å². The van der Waals surface area contributed by atoms with Crippen molar-refractivity contribution in [2.24, 2.45) is 0 Å². The minimum absolute atomic E-state index is 0.0567. The molecule has 0 aliphatic heterocycles. The lowest BCUT2D eigenvalue weighted by atomic mass is 10.1. The highest BCUT2D eigenvalue weighted by Crippen LogP contribution is 2.23.